The van der Waals surface area contributed by atoms with Crippen LogP contribution in [0.4, 0.5) is 5.13 Å². The predicted molar refractivity (Wildman–Crippen MR) is 108 cm³/mol. The zero-order valence-electron chi connectivity index (χ0n) is 15.2. The van der Waals surface area contributed by atoms with Gasteiger partial charge in [-0.25, -0.2) is 0 Å². The lowest BCUT2D eigenvalue weighted by molar-refractivity contribution is 0.102. The van der Waals surface area contributed by atoms with Gasteiger partial charge in [0.15, 0.2) is 5.01 Å². The molecule has 140 valence electrons. The SMILES string of the molecule is COc1cccc(OC)c1C(=O)Nc1nnc(-c2cnc3ccccc3c2)s1. The van der Waals surface area contributed by atoms with E-state index >= 15 is 0 Å². The molecule has 0 bridgehead atoms. The zero-order valence-corrected chi connectivity index (χ0v) is 16.0. The molecule has 4 aromatic rings. The first-order valence-electron chi connectivity index (χ1n) is 8.40. The van der Waals surface area contributed by atoms with Crippen molar-refractivity contribution in [1.82, 2.24) is 15.2 Å². The van der Waals surface area contributed by atoms with Crippen LogP contribution >= 0.6 is 11.3 Å². The van der Waals surface area contributed by atoms with Gasteiger partial charge in [0.1, 0.15) is 17.1 Å². The molecular weight excluding hydrogens is 376 g/mol. The lowest BCUT2D eigenvalue weighted by Gasteiger charge is -2.11. The van der Waals surface area contributed by atoms with Gasteiger partial charge in [-0.05, 0) is 24.3 Å². The third-order valence-electron chi connectivity index (χ3n) is 4.14. The Balaban J connectivity index is 1.61. The minimum Gasteiger partial charge on any atom is -0.496 e. The van der Waals surface area contributed by atoms with Crippen molar-refractivity contribution in [2.24, 2.45) is 0 Å². The van der Waals surface area contributed by atoms with Crippen LogP contribution in [0.25, 0.3) is 21.5 Å². The van der Waals surface area contributed by atoms with Gasteiger partial charge in [-0.2, -0.15) is 0 Å². The summed E-state index contributed by atoms with van der Waals surface area (Å²) in [7, 11) is 3.00. The average Bonchev–Trinajstić information content (AvgIpc) is 3.21. The van der Waals surface area contributed by atoms with E-state index in [-0.39, 0.29) is 5.91 Å². The molecule has 0 aliphatic carbocycles. The number of carbonyl (C=O) groups excluding carboxylic acids is 1. The second kappa shape index (κ2) is 7.61. The molecule has 7 nitrogen and oxygen atoms in total. The second-order valence-electron chi connectivity index (χ2n) is 5.82. The number of ether oxygens (including phenoxy) is 2. The fourth-order valence-corrected chi connectivity index (χ4v) is 3.53. The number of nitrogens with zero attached hydrogens (tertiary/aromatic N) is 3. The van der Waals surface area contributed by atoms with E-state index in [1.165, 1.54) is 25.6 Å². The normalized spacial score (nSPS) is 10.6. The van der Waals surface area contributed by atoms with Gasteiger partial charge in [-0.3, -0.25) is 15.1 Å². The molecular formula is C20H16N4O3S. The molecule has 0 spiro atoms. The molecule has 2 aromatic carbocycles. The van der Waals surface area contributed by atoms with E-state index in [0.29, 0.717) is 27.2 Å². The molecule has 1 N–H and O–H groups in total. The summed E-state index contributed by atoms with van der Waals surface area (Å²) in [5.41, 5.74) is 2.05. The van der Waals surface area contributed by atoms with E-state index in [1.54, 1.807) is 24.4 Å². The molecule has 8 heteroatoms. The van der Waals surface area contributed by atoms with Crippen molar-refractivity contribution in [2.75, 3.05) is 19.5 Å². The fourth-order valence-electron chi connectivity index (χ4n) is 2.81. The van der Waals surface area contributed by atoms with E-state index in [1.807, 2.05) is 30.3 Å². The number of hydrogen-bond acceptors (Lipinski definition) is 7. The minimum atomic E-state index is -0.381. The summed E-state index contributed by atoms with van der Waals surface area (Å²) < 4.78 is 10.6. The summed E-state index contributed by atoms with van der Waals surface area (Å²) in [5.74, 6) is 0.453. The van der Waals surface area contributed by atoms with Gasteiger partial charge in [0.05, 0.1) is 19.7 Å². The number of methoxy groups -OCH3 is 2. The Kier molecular flexibility index (Phi) is 4.86. The zero-order chi connectivity index (χ0) is 19.5. The molecule has 0 saturated carbocycles. The molecule has 28 heavy (non-hydrogen) atoms. The van der Waals surface area contributed by atoms with E-state index in [0.717, 1.165) is 16.5 Å². The van der Waals surface area contributed by atoms with Crippen LogP contribution in [0.2, 0.25) is 0 Å². The molecule has 0 aliphatic rings. The number of carbonyl (C=O) groups is 1. The van der Waals surface area contributed by atoms with Crippen molar-refractivity contribution in [1.29, 1.82) is 0 Å². The Labute approximate surface area is 165 Å². The Morgan fingerprint density at radius 1 is 1.00 bits per heavy atom. The number of para-hydroxylation sites is 1. The monoisotopic (exact) mass is 392 g/mol. The standard InChI is InChI=1S/C20H16N4O3S/c1-26-15-8-5-9-16(27-2)17(15)18(25)22-20-24-23-19(28-20)13-10-12-6-3-4-7-14(12)21-11-13/h3-11H,1-2H3,(H,22,24,25). The van der Waals surface area contributed by atoms with Gasteiger partial charge in [-0.15, -0.1) is 10.2 Å². The van der Waals surface area contributed by atoms with Crippen molar-refractivity contribution in [3.8, 4) is 22.1 Å². The van der Waals surface area contributed by atoms with Gasteiger partial charge in [0, 0.05) is 17.1 Å². The van der Waals surface area contributed by atoms with Crippen LogP contribution < -0.4 is 14.8 Å². The summed E-state index contributed by atoms with van der Waals surface area (Å²) in [6, 6.07) is 15.0. The van der Waals surface area contributed by atoms with Crippen molar-refractivity contribution in [3.05, 3.63) is 60.3 Å². The number of benzene rings is 2. The highest BCUT2D eigenvalue weighted by atomic mass is 32.1. The van der Waals surface area contributed by atoms with Crippen molar-refractivity contribution in [2.45, 2.75) is 0 Å². The van der Waals surface area contributed by atoms with E-state index < -0.39 is 0 Å². The third-order valence-corrected chi connectivity index (χ3v) is 5.03. The Morgan fingerprint density at radius 3 is 2.50 bits per heavy atom. The molecule has 0 unspecified atom stereocenters. The lowest BCUT2D eigenvalue weighted by atomic mass is 10.1. The Hall–Kier alpha value is -3.52. The van der Waals surface area contributed by atoms with Gasteiger partial charge in [0.25, 0.3) is 5.91 Å². The highest BCUT2D eigenvalue weighted by Gasteiger charge is 2.20. The maximum atomic E-state index is 12.7. The number of pyridine rings is 1. The highest BCUT2D eigenvalue weighted by molar-refractivity contribution is 7.18. The van der Waals surface area contributed by atoms with Gasteiger partial charge >= 0.3 is 0 Å². The van der Waals surface area contributed by atoms with Crippen molar-refractivity contribution < 1.29 is 14.3 Å². The van der Waals surface area contributed by atoms with Crippen LogP contribution in [0.3, 0.4) is 0 Å². The van der Waals surface area contributed by atoms with Crippen LogP contribution in [0.1, 0.15) is 10.4 Å². The third kappa shape index (κ3) is 3.37. The number of aromatic nitrogens is 3. The maximum Gasteiger partial charge on any atom is 0.265 e. The summed E-state index contributed by atoms with van der Waals surface area (Å²) >= 11 is 1.27. The average molecular weight is 392 g/mol. The number of rotatable bonds is 5. The Bertz CT molecular complexity index is 1140. The predicted octanol–water partition coefficient (Wildman–Crippen LogP) is 4.02. The number of fused-ring (bicyclic) bond motifs is 1. The first-order valence-corrected chi connectivity index (χ1v) is 9.22. The quantitative estimate of drug-likeness (QED) is 0.552. The molecule has 0 aliphatic heterocycles. The molecule has 0 atom stereocenters. The fraction of sp³-hybridized carbons (Fsp3) is 0.100. The number of amides is 1. The van der Waals surface area contributed by atoms with Gasteiger partial charge in [0.2, 0.25) is 5.13 Å². The summed E-state index contributed by atoms with van der Waals surface area (Å²) in [4.78, 5) is 17.2. The molecule has 2 heterocycles. The molecule has 1 amide bonds. The number of anilines is 1. The molecule has 2 aromatic heterocycles. The Morgan fingerprint density at radius 2 is 1.75 bits per heavy atom. The summed E-state index contributed by atoms with van der Waals surface area (Å²) in [6.45, 7) is 0. The molecule has 0 fully saturated rings. The topological polar surface area (TPSA) is 86.2 Å². The molecule has 0 radical (unpaired) electrons. The van der Waals surface area contributed by atoms with Crippen molar-refractivity contribution in [3.63, 3.8) is 0 Å². The minimum absolute atomic E-state index is 0.302. The maximum absolute atomic E-state index is 12.7. The first kappa shape index (κ1) is 17.9. The number of nitrogens with one attached hydrogen (secondary N) is 1. The van der Waals surface area contributed by atoms with Crippen LogP contribution in [-0.4, -0.2) is 35.3 Å². The lowest BCUT2D eigenvalue weighted by Crippen LogP contribution is -2.14. The molecule has 4 rings (SSSR count). The summed E-state index contributed by atoms with van der Waals surface area (Å²) in [6.07, 6.45) is 1.75. The number of hydrogen-bond donors (Lipinski definition) is 1. The largest absolute Gasteiger partial charge is 0.496 e. The van der Waals surface area contributed by atoms with Crippen LogP contribution in [0.15, 0.2) is 54.7 Å². The highest BCUT2D eigenvalue weighted by Crippen LogP contribution is 2.31. The first-order chi connectivity index (χ1) is 13.7. The van der Waals surface area contributed by atoms with E-state index in [4.69, 9.17) is 9.47 Å². The van der Waals surface area contributed by atoms with Crippen molar-refractivity contribution >= 4 is 33.3 Å². The summed E-state index contributed by atoms with van der Waals surface area (Å²) in [5, 5.41) is 13.1. The van der Waals surface area contributed by atoms with E-state index in [9.17, 15) is 4.79 Å². The van der Waals surface area contributed by atoms with Crippen LogP contribution in [0.5, 0.6) is 11.5 Å². The molecule has 0 saturated heterocycles. The second-order valence-corrected chi connectivity index (χ2v) is 6.80. The van der Waals surface area contributed by atoms with Crippen LogP contribution in [-0.2, 0) is 0 Å². The van der Waals surface area contributed by atoms with Crippen LogP contribution in [0, 0.1) is 0 Å². The van der Waals surface area contributed by atoms with Gasteiger partial charge < -0.3 is 9.47 Å². The smallest absolute Gasteiger partial charge is 0.265 e. The van der Waals surface area contributed by atoms with Gasteiger partial charge in [-0.1, -0.05) is 35.6 Å². The van der Waals surface area contributed by atoms with E-state index in [2.05, 4.69) is 20.5 Å².